The number of nitrogens with one attached hydrogen (secondary N) is 1. The Balaban J connectivity index is 2.90. The van der Waals surface area contributed by atoms with E-state index in [1.54, 1.807) is 11.8 Å². The molecule has 0 amide bonds. The third-order valence-electron chi connectivity index (χ3n) is 2.62. The summed E-state index contributed by atoms with van der Waals surface area (Å²) in [6.45, 7) is 9.29. The van der Waals surface area contributed by atoms with Crippen LogP contribution in [-0.4, -0.2) is 34.0 Å². The molecule has 0 aliphatic rings. The second-order valence-corrected chi connectivity index (χ2v) is 5.41. The van der Waals surface area contributed by atoms with Gasteiger partial charge < -0.3 is 10.4 Å². The summed E-state index contributed by atoms with van der Waals surface area (Å²) in [5.41, 5.74) is 1.10. The van der Waals surface area contributed by atoms with Crippen LogP contribution in [0.2, 0.25) is 0 Å². The Morgan fingerprint density at radius 1 is 1.33 bits per heavy atom. The van der Waals surface area contributed by atoms with Crippen molar-refractivity contribution in [2.24, 2.45) is 5.92 Å². The number of aryl methyl sites for hydroxylation is 1. The van der Waals surface area contributed by atoms with Gasteiger partial charge in [0.1, 0.15) is 16.7 Å². The minimum Gasteiger partial charge on any atom is -0.396 e. The van der Waals surface area contributed by atoms with Gasteiger partial charge in [0.05, 0.1) is 0 Å². The highest BCUT2D eigenvalue weighted by Crippen LogP contribution is 2.26. The lowest BCUT2D eigenvalue weighted by atomic mass is 10.2. The van der Waals surface area contributed by atoms with Gasteiger partial charge in [-0.15, -0.1) is 11.8 Å². The van der Waals surface area contributed by atoms with Crippen molar-refractivity contribution in [2.75, 3.05) is 24.2 Å². The minimum atomic E-state index is 0.220. The molecule has 0 saturated carbocycles. The van der Waals surface area contributed by atoms with E-state index >= 15 is 0 Å². The fourth-order valence-corrected chi connectivity index (χ4v) is 2.48. The quantitative estimate of drug-likeness (QED) is 0.588. The molecule has 0 saturated heterocycles. The fraction of sp³-hybridized carbons (Fsp3) is 0.692. The average Bonchev–Trinajstić information content (AvgIpc) is 2.39. The Hall–Kier alpha value is -0.810. The molecule has 1 aromatic rings. The predicted octanol–water partition coefficient (Wildman–Crippen LogP) is 2.50. The van der Waals surface area contributed by atoms with Gasteiger partial charge in [0, 0.05) is 30.9 Å². The van der Waals surface area contributed by atoms with E-state index in [1.807, 2.05) is 13.8 Å². The van der Waals surface area contributed by atoms with Gasteiger partial charge in [-0.3, -0.25) is 0 Å². The van der Waals surface area contributed by atoms with Crippen molar-refractivity contribution in [3.8, 4) is 0 Å². The number of aliphatic hydroxyl groups is 1. The zero-order valence-corrected chi connectivity index (χ0v) is 12.5. The number of rotatable bonds is 7. The normalized spacial score (nSPS) is 12.5. The van der Waals surface area contributed by atoms with Gasteiger partial charge >= 0.3 is 0 Å². The fourth-order valence-electron chi connectivity index (χ4n) is 1.45. The van der Waals surface area contributed by atoms with Crippen molar-refractivity contribution in [3.63, 3.8) is 0 Å². The van der Waals surface area contributed by atoms with Crippen molar-refractivity contribution in [1.82, 2.24) is 9.97 Å². The zero-order chi connectivity index (χ0) is 13.5. The van der Waals surface area contributed by atoms with E-state index in [0.717, 1.165) is 41.0 Å². The van der Waals surface area contributed by atoms with Gasteiger partial charge in [-0.25, -0.2) is 9.97 Å². The highest BCUT2D eigenvalue weighted by atomic mass is 32.2. The molecular weight excluding hydrogens is 246 g/mol. The minimum absolute atomic E-state index is 0.220. The molecule has 0 fully saturated rings. The smallest absolute Gasteiger partial charge is 0.133 e. The first kappa shape index (κ1) is 15.2. The second kappa shape index (κ2) is 7.59. The van der Waals surface area contributed by atoms with Crippen LogP contribution in [-0.2, 0) is 6.42 Å². The molecule has 102 valence electrons. The Kier molecular flexibility index (Phi) is 6.43. The number of hydrogen-bond donors (Lipinski definition) is 2. The van der Waals surface area contributed by atoms with Gasteiger partial charge in [-0.2, -0.15) is 0 Å². The van der Waals surface area contributed by atoms with Crippen LogP contribution in [0, 0.1) is 12.8 Å². The van der Waals surface area contributed by atoms with Gasteiger partial charge in [0.15, 0.2) is 0 Å². The van der Waals surface area contributed by atoms with Crippen molar-refractivity contribution in [2.45, 2.75) is 39.1 Å². The summed E-state index contributed by atoms with van der Waals surface area (Å²) in [5.74, 6) is 2.97. The van der Waals surface area contributed by atoms with E-state index < -0.39 is 0 Å². The molecule has 1 unspecified atom stereocenters. The lowest BCUT2D eigenvalue weighted by molar-refractivity contribution is 0.250. The van der Waals surface area contributed by atoms with E-state index in [-0.39, 0.29) is 12.5 Å². The zero-order valence-electron chi connectivity index (χ0n) is 11.7. The Labute approximate surface area is 114 Å². The first-order valence-corrected chi connectivity index (χ1v) is 7.45. The molecule has 0 bridgehead atoms. The molecular formula is C13H23N3OS. The van der Waals surface area contributed by atoms with Crippen molar-refractivity contribution in [1.29, 1.82) is 0 Å². The largest absolute Gasteiger partial charge is 0.396 e. The number of hydrogen-bond acceptors (Lipinski definition) is 5. The van der Waals surface area contributed by atoms with Crippen LogP contribution in [0.4, 0.5) is 5.82 Å². The summed E-state index contributed by atoms with van der Waals surface area (Å²) in [6, 6.07) is 0. The molecule has 4 nitrogen and oxygen atoms in total. The SMILES string of the molecule is CCNc1nc(CC)nc(SCC(C)CO)c1C. The summed E-state index contributed by atoms with van der Waals surface area (Å²) < 4.78 is 0. The van der Waals surface area contributed by atoms with Crippen LogP contribution >= 0.6 is 11.8 Å². The maximum atomic E-state index is 9.06. The molecule has 0 aliphatic heterocycles. The van der Waals surface area contributed by atoms with E-state index in [0.29, 0.717) is 0 Å². The monoisotopic (exact) mass is 269 g/mol. The summed E-state index contributed by atoms with van der Waals surface area (Å²) in [5, 5.41) is 13.4. The van der Waals surface area contributed by atoms with E-state index in [2.05, 4.69) is 29.1 Å². The molecule has 0 radical (unpaired) electrons. The Morgan fingerprint density at radius 3 is 2.61 bits per heavy atom. The molecule has 0 aromatic carbocycles. The van der Waals surface area contributed by atoms with Gasteiger partial charge in [0.25, 0.3) is 0 Å². The number of thioether (sulfide) groups is 1. The Morgan fingerprint density at radius 2 is 2.06 bits per heavy atom. The molecule has 5 heteroatoms. The van der Waals surface area contributed by atoms with Crippen LogP contribution in [0.1, 0.15) is 32.2 Å². The van der Waals surface area contributed by atoms with Crippen molar-refractivity contribution >= 4 is 17.6 Å². The van der Waals surface area contributed by atoms with Crippen LogP contribution in [0.3, 0.4) is 0 Å². The van der Waals surface area contributed by atoms with Crippen LogP contribution in [0.5, 0.6) is 0 Å². The van der Waals surface area contributed by atoms with Gasteiger partial charge in [0.2, 0.25) is 0 Å². The molecule has 1 aromatic heterocycles. The number of anilines is 1. The van der Waals surface area contributed by atoms with Crippen molar-refractivity contribution < 1.29 is 5.11 Å². The number of nitrogens with zero attached hydrogens (tertiary/aromatic N) is 2. The third kappa shape index (κ3) is 4.14. The second-order valence-electron chi connectivity index (χ2n) is 4.40. The first-order valence-electron chi connectivity index (χ1n) is 6.47. The highest BCUT2D eigenvalue weighted by Gasteiger charge is 2.11. The van der Waals surface area contributed by atoms with Gasteiger partial charge in [-0.1, -0.05) is 13.8 Å². The molecule has 0 aliphatic carbocycles. The average molecular weight is 269 g/mol. The van der Waals surface area contributed by atoms with E-state index in [4.69, 9.17) is 5.11 Å². The molecule has 1 rings (SSSR count). The van der Waals surface area contributed by atoms with Gasteiger partial charge in [-0.05, 0) is 19.8 Å². The van der Waals surface area contributed by atoms with E-state index in [1.165, 1.54) is 0 Å². The summed E-state index contributed by atoms with van der Waals surface area (Å²) >= 11 is 1.70. The molecule has 1 atom stereocenters. The van der Waals surface area contributed by atoms with Crippen molar-refractivity contribution in [3.05, 3.63) is 11.4 Å². The maximum absolute atomic E-state index is 9.06. The molecule has 1 heterocycles. The standard InChI is InChI=1S/C13H23N3OS/c1-5-11-15-12(14-6-2)10(4)13(16-11)18-8-9(3)7-17/h9,17H,5-8H2,1-4H3,(H,14,15,16). The third-order valence-corrected chi connectivity index (χ3v) is 4.03. The summed E-state index contributed by atoms with van der Waals surface area (Å²) in [4.78, 5) is 9.07. The van der Waals surface area contributed by atoms with Crippen LogP contribution < -0.4 is 5.32 Å². The summed E-state index contributed by atoms with van der Waals surface area (Å²) in [7, 11) is 0. The molecule has 0 spiro atoms. The first-order chi connectivity index (χ1) is 8.62. The number of aliphatic hydroxyl groups excluding tert-OH is 1. The van der Waals surface area contributed by atoms with E-state index in [9.17, 15) is 0 Å². The molecule has 18 heavy (non-hydrogen) atoms. The predicted molar refractivity (Wildman–Crippen MR) is 77.3 cm³/mol. The lowest BCUT2D eigenvalue weighted by Crippen LogP contribution is -2.09. The Bertz CT molecular complexity index is 385. The summed E-state index contributed by atoms with van der Waals surface area (Å²) in [6.07, 6.45) is 0.835. The van der Waals surface area contributed by atoms with Crippen LogP contribution in [0.15, 0.2) is 5.03 Å². The highest BCUT2D eigenvalue weighted by molar-refractivity contribution is 7.99. The topological polar surface area (TPSA) is 58.0 Å². The lowest BCUT2D eigenvalue weighted by Gasteiger charge is -2.13. The number of aromatic nitrogens is 2. The van der Waals surface area contributed by atoms with Crippen LogP contribution in [0.25, 0.3) is 0 Å². The molecule has 2 N–H and O–H groups in total. The maximum Gasteiger partial charge on any atom is 0.133 e.